The first-order chi connectivity index (χ1) is 16.6. The zero-order chi connectivity index (χ0) is 23.9. The maximum atomic E-state index is 15.1. The van der Waals surface area contributed by atoms with E-state index in [9.17, 15) is 4.79 Å². The van der Waals surface area contributed by atoms with E-state index in [1.807, 2.05) is 6.07 Å². The third-order valence-electron chi connectivity index (χ3n) is 8.07. The molecule has 0 spiro atoms. The van der Waals surface area contributed by atoms with E-state index < -0.39 is 0 Å². The van der Waals surface area contributed by atoms with E-state index >= 15 is 4.39 Å². The number of halogens is 1. The molecule has 0 heterocycles. The fourth-order valence-corrected chi connectivity index (χ4v) is 5.97. The average molecular weight is 465 g/mol. The molecular formula is C30H37FO3. The quantitative estimate of drug-likeness (QED) is 0.317. The SMILES string of the molecule is CCC1CCC(c2ccc(-c3ccc(C4CCC(CCO)CC4)c(F)c3)cc2)C=C1COC=O. The molecule has 4 heteroatoms. The Balaban J connectivity index is 1.45. The maximum absolute atomic E-state index is 15.1. The van der Waals surface area contributed by atoms with E-state index in [2.05, 4.69) is 43.3 Å². The Kier molecular flexibility index (Phi) is 8.55. The van der Waals surface area contributed by atoms with Crippen molar-refractivity contribution in [2.45, 2.75) is 70.1 Å². The Hall–Kier alpha value is -2.46. The minimum Gasteiger partial charge on any atom is -0.463 e. The third kappa shape index (κ3) is 5.78. The van der Waals surface area contributed by atoms with Gasteiger partial charge in [0.25, 0.3) is 6.47 Å². The van der Waals surface area contributed by atoms with E-state index in [4.69, 9.17) is 9.84 Å². The molecule has 34 heavy (non-hydrogen) atoms. The molecular weight excluding hydrogens is 427 g/mol. The zero-order valence-electron chi connectivity index (χ0n) is 20.2. The standard InChI is InChI=1S/C30H37FO3/c1-2-22-7-12-26(17-28(22)19-34-20-33)23-8-10-24(11-9-23)27-13-14-29(30(31)18-27)25-5-3-21(4-6-25)15-16-32/h8-11,13-14,17-18,20-22,25-26,32H,2-7,12,15-16,19H2,1H3. The van der Waals surface area contributed by atoms with E-state index in [-0.39, 0.29) is 18.3 Å². The fraction of sp³-hybridized carbons (Fsp3) is 0.500. The summed E-state index contributed by atoms with van der Waals surface area (Å²) in [4.78, 5) is 10.7. The molecule has 0 aromatic heterocycles. The highest BCUT2D eigenvalue weighted by Gasteiger charge is 2.25. The zero-order valence-corrected chi connectivity index (χ0v) is 20.2. The highest BCUT2D eigenvalue weighted by Crippen LogP contribution is 2.39. The van der Waals surface area contributed by atoms with Crippen LogP contribution in [-0.4, -0.2) is 24.8 Å². The lowest BCUT2D eigenvalue weighted by Gasteiger charge is -2.29. The monoisotopic (exact) mass is 464 g/mol. The van der Waals surface area contributed by atoms with Crippen LogP contribution in [0, 0.1) is 17.7 Å². The van der Waals surface area contributed by atoms with E-state index in [0.29, 0.717) is 30.8 Å². The number of allylic oxidation sites excluding steroid dienone is 1. The first kappa shape index (κ1) is 24.7. The first-order valence-corrected chi connectivity index (χ1v) is 12.9. The van der Waals surface area contributed by atoms with Crippen molar-refractivity contribution in [2.24, 2.45) is 11.8 Å². The number of hydrogen-bond donors (Lipinski definition) is 1. The van der Waals surface area contributed by atoms with Gasteiger partial charge in [-0.1, -0.05) is 49.4 Å². The number of aliphatic hydroxyl groups excluding tert-OH is 1. The van der Waals surface area contributed by atoms with Gasteiger partial charge in [-0.3, -0.25) is 4.79 Å². The largest absolute Gasteiger partial charge is 0.463 e. The van der Waals surface area contributed by atoms with Gasteiger partial charge in [0.2, 0.25) is 0 Å². The minimum atomic E-state index is -0.104. The molecule has 3 nitrogen and oxygen atoms in total. The van der Waals surface area contributed by atoms with Crippen LogP contribution in [0.2, 0.25) is 0 Å². The minimum absolute atomic E-state index is 0.104. The topological polar surface area (TPSA) is 46.5 Å². The summed E-state index contributed by atoms with van der Waals surface area (Å²) >= 11 is 0. The summed E-state index contributed by atoms with van der Waals surface area (Å²) in [5, 5.41) is 9.16. The molecule has 182 valence electrons. The molecule has 2 unspecified atom stereocenters. The number of aliphatic hydroxyl groups is 1. The normalized spacial score (nSPS) is 25.0. The van der Waals surface area contributed by atoms with Crippen LogP contribution < -0.4 is 0 Å². The second kappa shape index (κ2) is 11.8. The lowest BCUT2D eigenvalue weighted by molar-refractivity contribution is -0.128. The van der Waals surface area contributed by atoms with Crippen LogP contribution in [0.3, 0.4) is 0 Å². The van der Waals surface area contributed by atoms with Gasteiger partial charge in [-0.05, 0) is 103 Å². The van der Waals surface area contributed by atoms with Crippen LogP contribution in [0.25, 0.3) is 11.1 Å². The van der Waals surface area contributed by atoms with E-state index in [1.165, 1.54) is 11.1 Å². The number of rotatable bonds is 9. The van der Waals surface area contributed by atoms with Gasteiger partial charge in [0.05, 0.1) is 0 Å². The van der Waals surface area contributed by atoms with Crippen LogP contribution in [-0.2, 0) is 9.53 Å². The van der Waals surface area contributed by atoms with Gasteiger partial charge in [-0.25, -0.2) is 4.39 Å². The van der Waals surface area contributed by atoms with E-state index in [0.717, 1.165) is 68.1 Å². The number of benzene rings is 2. The molecule has 1 N–H and O–H groups in total. The molecule has 2 aromatic carbocycles. The van der Waals surface area contributed by atoms with Crippen molar-refractivity contribution in [1.82, 2.24) is 0 Å². The Labute approximate surface area is 203 Å². The predicted molar refractivity (Wildman–Crippen MR) is 134 cm³/mol. The summed E-state index contributed by atoms with van der Waals surface area (Å²) < 4.78 is 20.1. The molecule has 0 bridgehead atoms. The van der Waals surface area contributed by atoms with Gasteiger partial charge in [0.1, 0.15) is 12.4 Å². The molecule has 2 aliphatic rings. The second-order valence-electron chi connectivity index (χ2n) is 10.0. The maximum Gasteiger partial charge on any atom is 0.293 e. The lowest BCUT2D eigenvalue weighted by atomic mass is 9.77. The summed E-state index contributed by atoms with van der Waals surface area (Å²) in [6, 6.07) is 14.2. The van der Waals surface area contributed by atoms with Crippen LogP contribution in [0.1, 0.15) is 81.3 Å². The summed E-state index contributed by atoms with van der Waals surface area (Å²) in [5.41, 5.74) is 5.24. The number of ether oxygens (including phenoxy) is 1. The van der Waals surface area contributed by atoms with Gasteiger partial charge < -0.3 is 9.84 Å². The van der Waals surface area contributed by atoms with Crippen molar-refractivity contribution in [2.75, 3.05) is 13.2 Å². The number of carbonyl (C=O) groups is 1. The van der Waals surface area contributed by atoms with Crippen LogP contribution in [0.15, 0.2) is 54.1 Å². The molecule has 1 fully saturated rings. The van der Waals surface area contributed by atoms with Crippen molar-refractivity contribution in [1.29, 1.82) is 0 Å². The fourth-order valence-electron chi connectivity index (χ4n) is 5.97. The Morgan fingerprint density at radius 2 is 1.74 bits per heavy atom. The van der Waals surface area contributed by atoms with Crippen LogP contribution >= 0.6 is 0 Å². The molecule has 0 radical (unpaired) electrons. The van der Waals surface area contributed by atoms with Crippen LogP contribution in [0.4, 0.5) is 4.39 Å². The predicted octanol–water partition coefficient (Wildman–Crippen LogP) is 7.15. The van der Waals surface area contributed by atoms with Gasteiger partial charge in [0, 0.05) is 12.5 Å². The van der Waals surface area contributed by atoms with Gasteiger partial charge in [-0.2, -0.15) is 0 Å². The smallest absolute Gasteiger partial charge is 0.293 e. The molecule has 1 saturated carbocycles. The summed E-state index contributed by atoms with van der Waals surface area (Å²) in [7, 11) is 0. The Morgan fingerprint density at radius 3 is 2.38 bits per heavy atom. The highest BCUT2D eigenvalue weighted by molar-refractivity contribution is 5.64. The van der Waals surface area contributed by atoms with E-state index in [1.54, 1.807) is 6.07 Å². The molecule has 0 amide bonds. The molecule has 4 rings (SSSR count). The first-order valence-electron chi connectivity index (χ1n) is 12.9. The summed E-state index contributed by atoms with van der Waals surface area (Å²) in [6.45, 7) is 3.34. The third-order valence-corrected chi connectivity index (χ3v) is 8.07. The van der Waals surface area contributed by atoms with Gasteiger partial charge >= 0.3 is 0 Å². The van der Waals surface area contributed by atoms with Crippen molar-refractivity contribution in [3.05, 3.63) is 71.1 Å². The Morgan fingerprint density at radius 1 is 1.00 bits per heavy atom. The van der Waals surface area contributed by atoms with Crippen molar-refractivity contribution >= 4 is 6.47 Å². The van der Waals surface area contributed by atoms with Crippen LogP contribution in [0.5, 0.6) is 0 Å². The van der Waals surface area contributed by atoms with Crippen molar-refractivity contribution in [3.8, 4) is 11.1 Å². The van der Waals surface area contributed by atoms with Crippen molar-refractivity contribution < 1.29 is 19.0 Å². The second-order valence-corrected chi connectivity index (χ2v) is 10.0. The Bertz CT molecular complexity index is 973. The van der Waals surface area contributed by atoms with Gasteiger partial charge in [-0.15, -0.1) is 0 Å². The summed E-state index contributed by atoms with van der Waals surface area (Å²) in [5.74, 6) is 1.58. The molecule has 2 aliphatic carbocycles. The molecule has 2 atom stereocenters. The van der Waals surface area contributed by atoms with Crippen molar-refractivity contribution in [3.63, 3.8) is 0 Å². The molecule has 0 saturated heterocycles. The molecule has 0 aliphatic heterocycles. The number of carbonyl (C=O) groups excluding carboxylic acids is 1. The summed E-state index contributed by atoms with van der Waals surface area (Å²) in [6.07, 6.45) is 10.6. The average Bonchev–Trinajstić information content (AvgIpc) is 2.88. The number of hydrogen-bond acceptors (Lipinski definition) is 3. The lowest BCUT2D eigenvalue weighted by Crippen LogP contribution is -2.16. The highest BCUT2D eigenvalue weighted by atomic mass is 19.1. The molecule has 2 aromatic rings. The van der Waals surface area contributed by atoms with Gasteiger partial charge in [0.15, 0.2) is 0 Å².